The van der Waals surface area contributed by atoms with E-state index in [1.165, 1.54) is 32.5 Å². The molecule has 1 aromatic heterocycles. The van der Waals surface area contributed by atoms with Crippen LogP contribution in [0.25, 0.3) is 0 Å². The van der Waals surface area contributed by atoms with E-state index in [2.05, 4.69) is 11.1 Å². The van der Waals surface area contributed by atoms with Crippen molar-refractivity contribution in [1.29, 1.82) is 5.26 Å². The van der Waals surface area contributed by atoms with Crippen LogP contribution in [-0.4, -0.2) is 46.7 Å². The summed E-state index contributed by atoms with van der Waals surface area (Å²) < 4.78 is 4.97. The number of primary amides is 1. The van der Waals surface area contributed by atoms with Gasteiger partial charge >= 0.3 is 5.97 Å². The summed E-state index contributed by atoms with van der Waals surface area (Å²) in [6.45, 7) is 1.38. The number of hydrogen-bond donors (Lipinski definition) is 1. The molecule has 8 nitrogen and oxygen atoms in total. The fraction of sp³-hybridized carbons (Fsp3) is 0.316. The Hall–Kier alpha value is -3.47. The molecule has 0 saturated carbocycles. The standard InChI is InChI=1S/C19H18N4O4/c1-11(24)16-15(12-4-3-7-22-8-12)19(10-20,18(26)27-2)14-6-5-13(17(21)25)9-23(14)16/h3-9,14-16H,1-2H3,(H2,21,25)/t14-,15+,16-,19-/m0/s1. The molecule has 4 atom stereocenters. The zero-order valence-corrected chi connectivity index (χ0v) is 14.8. The maximum absolute atomic E-state index is 12.8. The van der Waals surface area contributed by atoms with Crippen molar-refractivity contribution in [2.75, 3.05) is 7.11 Å². The normalized spacial score (nSPS) is 28.7. The molecule has 1 saturated heterocycles. The number of amides is 1. The molecule has 27 heavy (non-hydrogen) atoms. The summed E-state index contributed by atoms with van der Waals surface area (Å²) in [6, 6.07) is 3.84. The third-order valence-corrected chi connectivity index (χ3v) is 5.11. The van der Waals surface area contributed by atoms with Crippen molar-refractivity contribution in [1.82, 2.24) is 9.88 Å². The Balaban J connectivity index is 2.29. The summed E-state index contributed by atoms with van der Waals surface area (Å²) >= 11 is 0. The molecule has 0 aliphatic carbocycles. The number of carbonyl (C=O) groups is 3. The summed E-state index contributed by atoms with van der Waals surface area (Å²) in [4.78, 5) is 42.7. The molecule has 0 spiro atoms. The van der Waals surface area contributed by atoms with E-state index in [0.717, 1.165) is 0 Å². The van der Waals surface area contributed by atoms with Crippen molar-refractivity contribution >= 4 is 17.7 Å². The van der Waals surface area contributed by atoms with Crippen LogP contribution >= 0.6 is 0 Å². The fourth-order valence-electron chi connectivity index (χ4n) is 4.02. The molecule has 138 valence electrons. The van der Waals surface area contributed by atoms with Crippen molar-refractivity contribution in [2.45, 2.75) is 24.9 Å². The van der Waals surface area contributed by atoms with Gasteiger partial charge in [-0.25, -0.2) is 0 Å². The van der Waals surface area contributed by atoms with Gasteiger partial charge in [0.15, 0.2) is 11.2 Å². The lowest BCUT2D eigenvalue weighted by atomic mass is 9.68. The minimum Gasteiger partial charge on any atom is -0.468 e. The Morgan fingerprint density at radius 3 is 2.67 bits per heavy atom. The summed E-state index contributed by atoms with van der Waals surface area (Å²) in [6.07, 6.45) is 7.53. The first kappa shape index (κ1) is 18.3. The Morgan fingerprint density at radius 2 is 2.15 bits per heavy atom. The van der Waals surface area contributed by atoms with Crippen LogP contribution in [-0.2, 0) is 19.1 Å². The third-order valence-electron chi connectivity index (χ3n) is 5.11. The predicted molar refractivity (Wildman–Crippen MR) is 93.6 cm³/mol. The van der Waals surface area contributed by atoms with Crippen LogP contribution in [0.1, 0.15) is 18.4 Å². The van der Waals surface area contributed by atoms with Crippen molar-refractivity contribution in [3.8, 4) is 6.07 Å². The molecule has 3 heterocycles. The number of hydrogen-bond acceptors (Lipinski definition) is 7. The lowest BCUT2D eigenvalue weighted by molar-refractivity contribution is -0.150. The van der Waals surface area contributed by atoms with Gasteiger partial charge in [0.2, 0.25) is 5.91 Å². The van der Waals surface area contributed by atoms with E-state index in [1.807, 2.05) is 0 Å². The number of nitrogens with two attached hydrogens (primary N) is 1. The molecule has 1 aromatic rings. The summed E-state index contributed by atoms with van der Waals surface area (Å²) in [5, 5.41) is 10.1. The first-order valence-corrected chi connectivity index (χ1v) is 8.25. The largest absolute Gasteiger partial charge is 0.468 e. The van der Waals surface area contributed by atoms with E-state index in [0.29, 0.717) is 5.56 Å². The molecular weight excluding hydrogens is 348 g/mol. The van der Waals surface area contributed by atoms with Crippen LogP contribution in [0, 0.1) is 16.7 Å². The lowest BCUT2D eigenvalue weighted by Crippen LogP contribution is -2.45. The van der Waals surface area contributed by atoms with Gasteiger partial charge in [-0.3, -0.25) is 19.4 Å². The monoisotopic (exact) mass is 366 g/mol. The summed E-state index contributed by atoms with van der Waals surface area (Å²) in [5.74, 6) is -2.51. The maximum atomic E-state index is 12.8. The maximum Gasteiger partial charge on any atom is 0.329 e. The number of esters is 1. The van der Waals surface area contributed by atoms with Gasteiger partial charge in [-0.1, -0.05) is 12.1 Å². The number of nitriles is 1. The van der Waals surface area contributed by atoms with Crippen LogP contribution in [0.4, 0.5) is 0 Å². The van der Waals surface area contributed by atoms with Gasteiger partial charge in [0.25, 0.3) is 0 Å². The van der Waals surface area contributed by atoms with Gasteiger partial charge in [0, 0.05) is 24.5 Å². The number of Topliss-reactive ketones (excluding diaryl/α,β-unsaturated/α-hetero) is 1. The van der Waals surface area contributed by atoms with Crippen LogP contribution < -0.4 is 5.73 Å². The molecule has 1 fully saturated rings. The topological polar surface area (TPSA) is 126 Å². The molecule has 0 bridgehead atoms. The molecular formula is C19H18N4O4. The molecule has 1 amide bonds. The van der Waals surface area contributed by atoms with E-state index in [1.54, 1.807) is 29.3 Å². The fourth-order valence-corrected chi connectivity index (χ4v) is 4.02. The highest BCUT2D eigenvalue weighted by Gasteiger charge is 2.66. The van der Waals surface area contributed by atoms with Crippen molar-refractivity contribution in [3.63, 3.8) is 0 Å². The van der Waals surface area contributed by atoms with E-state index >= 15 is 0 Å². The molecule has 2 aliphatic heterocycles. The summed E-state index contributed by atoms with van der Waals surface area (Å²) in [5.41, 5.74) is 4.41. The average molecular weight is 366 g/mol. The number of pyridine rings is 1. The number of aromatic nitrogens is 1. The number of methoxy groups -OCH3 is 1. The second kappa shape index (κ2) is 6.68. The van der Waals surface area contributed by atoms with E-state index in [4.69, 9.17) is 10.5 Å². The van der Waals surface area contributed by atoms with Crippen LogP contribution in [0.15, 0.2) is 48.5 Å². The highest BCUT2D eigenvalue weighted by Crippen LogP contribution is 2.53. The molecule has 2 N–H and O–H groups in total. The predicted octanol–water partition coefficient (Wildman–Crippen LogP) is 0.429. The van der Waals surface area contributed by atoms with E-state index < -0.39 is 35.3 Å². The molecule has 0 radical (unpaired) electrons. The minimum absolute atomic E-state index is 0.182. The summed E-state index contributed by atoms with van der Waals surface area (Å²) in [7, 11) is 1.20. The van der Waals surface area contributed by atoms with E-state index in [-0.39, 0.29) is 11.4 Å². The van der Waals surface area contributed by atoms with E-state index in [9.17, 15) is 19.6 Å². The minimum atomic E-state index is -1.69. The molecule has 2 aliphatic rings. The van der Waals surface area contributed by atoms with Gasteiger partial charge < -0.3 is 15.4 Å². The molecule has 3 rings (SSSR count). The highest BCUT2D eigenvalue weighted by atomic mass is 16.5. The van der Waals surface area contributed by atoms with Gasteiger partial charge in [0.1, 0.15) is 0 Å². The van der Waals surface area contributed by atoms with Crippen molar-refractivity contribution in [2.24, 2.45) is 11.1 Å². The Morgan fingerprint density at radius 1 is 1.41 bits per heavy atom. The first-order chi connectivity index (χ1) is 12.9. The average Bonchev–Trinajstić information content (AvgIpc) is 2.98. The molecule has 8 heteroatoms. The molecule has 0 aromatic carbocycles. The smallest absolute Gasteiger partial charge is 0.329 e. The Bertz CT molecular complexity index is 902. The van der Waals surface area contributed by atoms with Crippen LogP contribution in [0.3, 0.4) is 0 Å². The van der Waals surface area contributed by atoms with Crippen LogP contribution in [0.5, 0.6) is 0 Å². The number of carbonyl (C=O) groups excluding carboxylic acids is 3. The number of ether oxygens (including phenoxy) is 1. The van der Waals surface area contributed by atoms with Crippen molar-refractivity contribution in [3.05, 3.63) is 54.0 Å². The first-order valence-electron chi connectivity index (χ1n) is 8.25. The number of ketones is 1. The quantitative estimate of drug-likeness (QED) is 0.766. The Labute approximate surface area is 155 Å². The van der Waals surface area contributed by atoms with Crippen molar-refractivity contribution < 1.29 is 19.1 Å². The SMILES string of the molecule is COC(=O)[C@]1(C#N)[C@H](c2cccnc2)[C@H](C(C)=O)N2C=C(C(N)=O)C=C[C@H]21. The zero-order chi connectivity index (χ0) is 19.8. The van der Waals surface area contributed by atoms with Crippen LogP contribution in [0.2, 0.25) is 0 Å². The van der Waals surface area contributed by atoms with Gasteiger partial charge in [0.05, 0.1) is 30.8 Å². The highest BCUT2D eigenvalue weighted by molar-refractivity contribution is 5.96. The Kier molecular flexibility index (Phi) is 4.54. The number of rotatable bonds is 4. The van der Waals surface area contributed by atoms with Gasteiger partial charge in [-0.05, 0) is 24.6 Å². The zero-order valence-electron chi connectivity index (χ0n) is 14.8. The van der Waals surface area contributed by atoms with Gasteiger partial charge in [-0.15, -0.1) is 0 Å². The number of nitrogens with zero attached hydrogens (tertiary/aromatic N) is 3. The molecule has 0 unspecified atom stereocenters. The number of fused-ring (bicyclic) bond motifs is 1. The second-order valence-corrected chi connectivity index (χ2v) is 6.49. The second-order valence-electron chi connectivity index (χ2n) is 6.49. The third kappa shape index (κ3) is 2.59. The van der Waals surface area contributed by atoms with Gasteiger partial charge in [-0.2, -0.15) is 5.26 Å². The lowest BCUT2D eigenvalue weighted by Gasteiger charge is -2.32.